The molecule has 136 valence electrons. The number of hydrogen-bond donors (Lipinski definition) is 2. The molecule has 0 amide bonds. The fraction of sp³-hybridized carbons (Fsp3) is 0.474. The third-order valence-corrected chi connectivity index (χ3v) is 5.63. The first-order valence-electron chi connectivity index (χ1n) is 8.74. The third-order valence-electron chi connectivity index (χ3n) is 5.63. The monoisotopic (exact) mass is 354 g/mol. The van der Waals surface area contributed by atoms with Crippen LogP contribution < -0.4 is 14.8 Å². The van der Waals surface area contributed by atoms with E-state index in [9.17, 15) is 5.11 Å². The number of aliphatic hydroxyl groups is 1. The van der Waals surface area contributed by atoms with Gasteiger partial charge < -0.3 is 19.5 Å². The van der Waals surface area contributed by atoms with Crippen LogP contribution in [0.4, 0.5) is 0 Å². The maximum absolute atomic E-state index is 10.1. The Morgan fingerprint density at radius 1 is 1.54 bits per heavy atom. The summed E-state index contributed by atoms with van der Waals surface area (Å²) in [7, 11) is 3.32. The van der Waals surface area contributed by atoms with E-state index >= 15 is 0 Å². The van der Waals surface area contributed by atoms with Crippen LogP contribution in [0.25, 0.3) is 0 Å². The molecule has 0 saturated carbocycles. The molecular weight excluding hydrogens is 332 g/mol. The molecule has 26 heavy (non-hydrogen) atoms. The van der Waals surface area contributed by atoms with Crippen LogP contribution in [0.3, 0.4) is 0 Å². The second-order valence-corrected chi connectivity index (χ2v) is 6.90. The van der Waals surface area contributed by atoms with Gasteiger partial charge in [-0.2, -0.15) is 5.26 Å². The number of benzene rings is 1. The van der Waals surface area contributed by atoms with Crippen molar-refractivity contribution in [3.8, 4) is 17.7 Å². The minimum Gasteiger partial charge on any atom is -0.493 e. The highest BCUT2D eigenvalue weighted by Crippen LogP contribution is 2.55. The second kappa shape index (κ2) is 6.22. The lowest BCUT2D eigenvalue weighted by Gasteiger charge is -2.36. The largest absolute Gasteiger partial charge is 0.493 e. The van der Waals surface area contributed by atoms with Crippen molar-refractivity contribution >= 4 is 5.96 Å². The first kappa shape index (κ1) is 16.7. The van der Waals surface area contributed by atoms with Crippen LogP contribution in [0.5, 0.6) is 11.5 Å². The highest BCUT2D eigenvalue weighted by molar-refractivity contribution is 5.81. The predicted octanol–water partition coefficient (Wildman–Crippen LogP) is 1.28. The van der Waals surface area contributed by atoms with Crippen LogP contribution in [-0.2, 0) is 12.0 Å². The van der Waals surface area contributed by atoms with Gasteiger partial charge in [-0.25, -0.2) is 0 Å². The Hall–Kier alpha value is -2.72. The van der Waals surface area contributed by atoms with E-state index in [1.807, 2.05) is 18.3 Å². The van der Waals surface area contributed by atoms with Crippen LogP contribution in [-0.4, -0.2) is 48.9 Å². The summed E-state index contributed by atoms with van der Waals surface area (Å²) in [6, 6.07) is 3.98. The van der Waals surface area contributed by atoms with Crippen molar-refractivity contribution in [3.63, 3.8) is 0 Å². The van der Waals surface area contributed by atoms with Crippen LogP contribution in [0.15, 0.2) is 29.3 Å². The molecule has 0 aromatic heterocycles. The summed E-state index contributed by atoms with van der Waals surface area (Å²) in [6.07, 6.45) is 6.67. The second-order valence-electron chi connectivity index (χ2n) is 6.90. The minimum absolute atomic E-state index is 0.126. The number of aliphatic hydroxyl groups excluding tert-OH is 1. The molecule has 2 N–H and O–H groups in total. The van der Waals surface area contributed by atoms with Gasteiger partial charge in [0.15, 0.2) is 17.7 Å². The van der Waals surface area contributed by atoms with Gasteiger partial charge in [0.05, 0.1) is 18.6 Å². The van der Waals surface area contributed by atoms with Gasteiger partial charge in [-0.15, -0.1) is 0 Å². The van der Waals surface area contributed by atoms with E-state index in [1.165, 1.54) is 0 Å². The van der Waals surface area contributed by atoms with Gasteiger partial charge in [-0.1, -0.05) is 18.2 Å². The Morgan fingerprint density at radius 3 is 3.12 bits per heavy atom. The molecule has 0 saturated heterocycles. The number of ether oxygens (including phenoxy) is 2. The molecule has 0 radical (unpaired) electrons. The lowest BCUT2D eigenvalue weighted by atomic mass is 9.69. The van der Waals surface area contributed by atoms with Crippen molar-refractivity contribution in [2.24, 2.45) is 4.99 Å². The fourth-order valence-corrected chi connectivity index (χ4v) is 4.44. The van der Waals surface area contributed by atoms with Gasteiger partial charge in [0.25, 0.3) is 0 Å². The summed E-state index contributed by atoms with van der Waals surface area (Å²) in [4.78, 5) is 6.30. The van der Waals surface area contributed by atoms with E-state index in [-0.39, 0.29) is 11.5 Å². The van der Waals surface area contributed by atoms with Crippen molar-refractivity contribution < 1.29 is 14.6 Å². The highest BCUT2D eigenvalue weighted by atomic mass is 16.5. The lowest BCUT2D eigenvalue weighted by molar-refractivity contribution is 0.0832. The molecule has 4 rings (SSSR count). The first-order valence-corrected chi connectivity index (χ1v) is 8.74. The Kier molecular flexibility index (Phi) is 4.00. The standard InChI is InChI=1S/C19H22N4O3/c1-21-18(22-11-20)23-8-7-19-6-5-13(24)9-15(19)26-17-14(25-2)4-3-12(10-23)16(17)19/h3-6,13,15,24H,7-10H2,1-2H3,(H,21,22)/t13-,15?,19?/m0/s1. The van der Waals surface area contributed by atoms with Crippen molar-refractivity contribution in [3.05, 3.63) is 35.4 Å². The Morgan fingerprint density at radius 2 is 2.38 bits per heavy atom. The zero-order valence-corrected chi connectivity index (χ0v) is 14.9. The number of aliphatic imine (C=N–C) groups is 1. The third kappa shape index (κ3) is 2.33. The fourth-order valence-electron chi connectivity index (χ4n) is 4.44. The number of nitrogens with one attached hydrogen (secondary N) is 1. The molecule has 1 aromatic rings. The minimum atomic E-state index is -0.498. The summed E-state index contributed by atoms with van der Waals surface area (Å²) in [5, 5.41) is 21.8. The molecule has 1 spiro atoms. The maximum atomic E-state index is 10.1. The average molecular weight is 354 g/mol. The normalized spacial score (nSPS) is 29.2. The molecular formula is C19H22N4O3. The SMILES string of the molecule is CN=C(NC#N)N1CCC23C=C[C@H](O)CC2Oc2c(OC)ccc(c23)C1. The van der Waals surface area contributed by atoms with E-state index in [1.54, 1.807) is 14.2 Å². The van der Waals surface area contributed by atoms with Gasteiger partial charge in [-0.05, 0) is 18.1 Å². The van der Waals surface area contributed by atoms with E-state index < -0.39 is 6.10 Å². The summed E-state index contributed by atoms with van der Waals surface area (Å²) >= 11 is 0. The zero-order valence-electron chi connectivity index (χ0n) is 14.9. The van der Waals surface area contributed by atoms with Crippen LogP contribution >= 0.6 is 0 Å². The van der Waals surface area contributed by atoms with Crippen LogP contribution in [0.2, 0.25) is 0 Å². The van der Waals surface area contributed by atoms with E-state index in [2.05, 4.69) is 27.4 Å². The van der Waals surface area contributed by atoms with E-state index in [0.717, 1.165) is 29.8 Å². The highest BCUT2D eigenvalue weighted by Gasteiger charge is 2.53. The number of nitriles is 1. The Balaban J connectivity index is 1.84. The molecule has 2 aliphatic heterocycles. The summed E-state index contributed by atoms with van der Waals surface area (Å²) in [5.74, 6) is 2.05. The smallest absolute Gasteiger partial charge is 0.207 e. The zero-order chi connectivity index (χ0) is 18.3. The average Bonchev–Trinajstić information content (AvgIpc) is 2.88. The predicted molar refractivity (Wildman–Crippen MR) is 96.0 cm³/mol. The number of rotatable bonds is 1. The van der Waals surface area contributed by atoms with Gasteiger partial charge in [0.1, 0.15) is 6.10 Å². The summed E-state index contributed by atoms with van der Waals surface area (Å²) < 4.78 is 11.8. The molecule has 7 heteroatoms. The summed E-state index contributed by atoms with van der Waals surface area (Å²) in [5.41, 5.74) is 1.97. The Bertz CT molecular complexity index is 829. The number of nitrogens with zero attached hydrogens (tertiary/aromatic N) is 3. The van der Waals surface area contributed by atoms with Crippen molar-refractivity contribution in [2.45, 2.75) is 37.0 Å². The number of methoxy groups -OCH3 is 1. The molecule has 2 heterocycles. The number of hydrogen-bond acceptors (Lipinski definition) is 5. The van der Waals surface area contributed by atoms with Crippen molar-refractivity contribution in [2.75, 3.05) is 20.7 Å². The van der Waals surface area contributed by atoms with E-state index in [4.69, 9.17) is 14.7 Å². The van der Waals surface area contributed by atoms with Crippen molar-refractivity contribution in [1.29, 1.82) is 5.26 Å². The Labute approximate surface area is 152 Å². The molecule has 0 fully saturated rings. The number of guanidine groups is 1. The maximum Gasteiger partial charge on any atom is 0.207 e. The summed E-state index contributed by atoms with van der Waals surface area (Å²) in [6.45, 7) is 1.35. The molecule has 0 bridgehead atoms. The van der Waals surface area contributed by atoms with Gasteiger partial charge in [-0.3, -0.25) is 10.3 Å². The van der Waals surface area contributed by atoms with Gasteiger partial charge in [0, 0.05) is 32.1 Å². The quantitative estimate of drug-likeness (QED) is 0.260. The molecule has 3 aliphatic rings. The van der Waals surface area contributed by atoms with Crippen LogP contribution in [0.1, 0.15) is 24.0 Å². The molecule has 2 unspecified atom stereocenters. The van der Waals surface area contributed by atoms with Crippen LogP contribution in [0, 0.1) is 11.5 Å². The molecule has 1 aromatic carbocycles. The first-order chi connectivity index (χ1) is 12.6. The van der Waals surface area contributed by atoms with E-state index in [0.29, 0.717) is 24.7 Å². The molecule has 1 aliphatic carbocycles. The lowest BCUT2D eigenvalue weighted by Crippen LogP contribution is -2.44. The molecule has 3 atom stereocenters. The van der Waals surface area contributed by atoms with Crippen molar-refractivity contribution in [1.82, 2.24) is 10.2 Å². The topological polar surface area (TPSA) is 90.1 Å². The molecule has 7 nitrogen and oxygen atoms in total. The van der Waals surface area contributed by atoms with Gasteiger partial charge >= 0.3 is 0 Å². The van der Waals surface area contributed by atoms with Gasteiger partial charge in [0.2, 0.25) is 5.96 Å².